The van der Waals surface area contributed by atoms with Crippen LogP contribution in [0.3, 0.4) is 0 Å². The second kappa shape index (κ2) is 10.1. The minimum atomic E-state index is -4.42. The van der Waals surface area contributed by atoms with E-state index in [1.807, 2.05) is 0 Å². The summed E-state index contributed by atoms with van der Waals surface area (Å²) in [4.78, 5) is 38.2. The summed E-state index contributed by atoms with van der Waals surface area (Å²) in [6.07, 6.45) is -1.66. The number of fused-ring (bicyclic) bond motifs is 1. The molecular formula is C18H17FN6O8S3. The van der Waals surface area contributed by atoms with Crippen molar-refractivity contribution in [2.75, 3.05) is 11.5 Å². The molecule has 36 heavy (non-hydrogen) atoms. The highest BCUT2D eigenvalue weighted by Gasteiger charge is 2.54. The number of nitrogens with zero attached hydrogens (tertiary/aromatic N) is 5. The topological polar surface area (TPSA) is 205 Å². The van der Waals surface area contributed by atoms with E-state index in [1.54, 1.807) is 0 Å². The number of rotatable bonds is 9. The van der Waals surface area contributed by atoms with Crippen LogP contribution in [0.25, 0.3) is 0 Å². The van der Waals surface area contributed by atoms with Crippen molar-refractivity contribution in [3.8, 4) is 0 Å². The molecule has 3 unspecified atom stereocenters. The smallest absolute Gasteiger partial charge is 0.352 e. The van der Waals surface area contributed by atoms with Gasteiger partial charge in [0.15, 0.2) is 12.0 Å². The second-order valence-electron chi connectivity index (χ2n) is 7.57. The molecule has 0 radical (unpaired) electrons. The number of carbonyl (C=O) groups is 3. The third-order valence-corrected chi connectivity index (χ3v) is 8.10. The SMILES string of the molecule is O=C(O)C1=C(CSc2nnnn2CS(=O)(=O)O)CSC2C(NC(=O)C(O)c3ccc(F)cc3)C(=O)N12. The van der Waals surface area contributed by atoms with Crippen LogP contribution in [0.1, 0.15) is 11.7 Å². The van der Waals surface area contributed by atoms with Crippen LogP contribution in [0, 0.1) is 5.82 Å². The quantitative estimate of drug-likeness (QED) is 0.169. The monoisotopic (exact) mass is 560 g/mol. The Hall–Kier alpha value is -3.06. The van der Waals surface area contributed by atoms with Crippen molar-refractivity contribution in [3.05, 3.63) is 46.9 Å². The Morgan fingerprint density at radius 2 is 2.00 bits per heavy atom. The molecule has 0 aliphatic carbocycles. The van der Waals surface area contributed by atoms with Crippen LogP contribution in [0.2, 0.25) is 0 Å². The average molecular weight is 561 g/mol. The van der Waals surface area contributed by atoms with Gasteiger partial charge in [0.05, 0.1) is 0 Å². The first-order valence-corrected chi connectivity index (χ1v) is 13.6. The molecule has 2 amide bonds. The zero-order valence-corrected chi connectivity index (χ0v) is 20.3. The molecule has 2 aliphatic rings. The van der Waals surface area contributed by atoms with Gasteiger partial charge in [0.2, 0.25) is 5.16 Å². The molecule has 1 saturated heterocycles. The van der Waals surface area contributed by atoms with Gasteiger partial charge in [-0.2, -0.15) is 8.42 Å². The van der Waals surface area contributed by atoms with Gasteiger partial charge in [0.25, 0.3) is 21.9 Å². The van der Waals surface area contributed by atoms with Crippen molar-refractivity contribution >= 4 is 51.4 Å². The van der Waals surface area contributed by atoms with Crippen LogP contribution < -0.4 is 5.32 Å². The molecule has 18 heteroatoms. The normalized spacial score (nSPS) is 20.5. The predicted molar refractivity (Wildman–Crippen MR) is 121 cm³/mol. The first-order chi connectivity index (χ1) is 17.0. The number of carboxylic acid groups (broad SMARTS) is 1. The summed E-state index contributed by atoms with van der Waals surface area (Å²) in [6.45, 7) is 0. The van der Waals surface area contributed by atoms with Gasteiger partial charge in [0.1, 0.15) is 22.9 Å². The number of aromatic nitrogens is 4. The Labute approximate surface area is 210 Å². The van der Waals surface area contributed by atoms with E-state index in [0.29, 0.717) is 5.57 Å². The number of carboxylic acids is 1. The number of β-lactam (4-membered cyclic amide) rings is 1. The summed E-state index contributed by atoms with van der Waals surface area (Å²) in [7, 11) is -4.42. The average Bonchev–Trinajstić information content (AvgIpc) is 3.25. The number of aliphatic hydroxyl groups is 1. The number of tetrazole rings is 1. The Balaban J connectivity index is 1.45. The zero-order valence-electron chi connectivity index (χ0n) is 17.9. The molecule has 1 aromatic heterocycles. The fraction of sp³-hybridized carbons (Fsp3) is 0.333. The van der Waals surface area contributed by atoms with Gasteiger partial charge in [-0.05, 0) is 33.7 Å². The second-order valence-corrected chi connectivity index (χ2v) is 11.0. The molecule has 3 atom stereocenters. The van der Waals surface area contributed by atoms with E-state index in [1.165, 1.54) is 23.9 Å². The molecular weight excluding hydrogens is 543 g/mol. The molecule has 192 valence electrons. The fourth-order valence-corrected chi connectivity index (χ4v) is 6.44. The minimum absolute atomic E-state index is 0.00269. The maximum atomic E-state index is 13.1. The lowest BCUT2D eigenvalue weighted by molar-refractivity contribution is -0.151. The van der Waals surface area contributed by atoms with Crippen LogP contribution >= 0.6 is 23.5 Å². The number of halogens is 1. The van der Waals surface area contributed by atoms with E-state index >= 15 is 0 Å². The predicted octanol–water partition coefficient (Wildman–Crippen LogP) is -0.778. The molecule has 0 bridgehead atoms. The van der Waals surface area contributed by atoms with Gasteiger partial charge in [-0.1, -0.05) is 23.9 Å². The van der Waals surface area contributed by atoms with Crippen molar-refractivity contribution in [3.63, 3.8) is 0 Å². The lowest BCUT2D eigenvalue weighted by atomic mass is 10.0. The van der Waals surface area contributed by atoms with E-state index in [-0.39, 0.29) is 27.9 Å². The number of nitrogens with one attached hydrogen (secondary N) is 1. The largest absolute Gasteiger partial charge is 0.477 e. The molecule has 2 aliphatic heterocycles. The molecule has 2 aromatic rings. The Bertz CT molecular complexity index is 1350. The van der Waals surface area contributed by atoms with E-state index in [9.17, 15) is 37.4 Å². The van der Waals surface area contributed by atoms with Gasteiger partial charge in [-0.3, -0.25) is 19.0 Å². The summed E-state index contributed by atoms with van der Waals surface area (Å²) in [5.41, 5.74) is 0.171. The van der Waals surface area contributed by atoms with E-state index in [2.05, 4.69) is 20.8 Å². The standard InChI is InChI=1S/C18H17FN6O8S3/c19-10-3-1-8(2-4-10)13(26)14(27)20-11-15(28)25-12(17(29)30)9(5-34-16(11)25)6-35-18-21-22-23-24(18)7-36(31,32)33/h1-4,11,13,16,26H,5-7H2,(H,20,27)(H,29,30)(H,31,32,33). The van der Waals surface area contributed by atoms with Crippen molar-refractivity contribution in [1.29, 1.82) is 0 Å². The first kappa shape index (κ1) is 26.0. The van der Waals surface area contributed by atoms with Crippen molar-refractivity contribution in [2.24, 2.45) is 0 Å². The van der Waals surface area contributed by atoms with Crippen molar-refractivity contribution in [2.45, 2.75) is 28.6 Å². The highest BCUT2D eigenvalue weighted by atomic mass is 32.2. The molecule has 4 rings (SSSR count). The number of benzene rings is 1. The van der Waals surface area contributed by atoms with Gasteiger partial charge in [-0.15, -0.1) is 16.9 Å². The Morgan fingerprint density at radius 3 is 2.64 bits per heavy atom. The number of aliphatic hydroxyl groups excluding tert-OH is 1. The minimum Gasteiger partial charge on any atom is -0.477 e. The maximum Gasteiger partial charge on any atom is 0.352 e. The van der Waals surface area contributed by atoms with Gasteiger partial charge in [0, 0.05) is 11.5 Å². The maximum absolute atomic E-state index is 13.1. The zero-order chi connectivity index (χ0) is 26.2. The molecule has 1 fully saturated rings. The Kier molecular flexibility index (Phi) is 7.32. The third kappa shape index (κ3) is 5.36. The van der Waals surface area contributed by atoms with Gasteiger partial charge >= 0.3 is 5.97 Å². The van der Waals surface area contributed by atoms with E-state index in [0.717, 1.165) is 33.5 Å². The summed E-state index contributed by atoms with van der Waals surface area (Å²) < 4.78 is 45.1. The molecule has 4 N–H and O–H groups in total. The number of hydrogen-bond donors (Lipinski definition) is 4. The van der Waals surface area contributed by atoms with Crippen LogP contribution in [0.15, 0.2) is 40.7 Å². The lowest BCUT2D eigenvalue weighted by Gasteiger charge is -2.49. The molecule has 3 heterocycles. The highest BCUT2D eigenvalue weighted by molar-refractivity contribution is 8.01. The van der Waals surface area contributed by atoms with Gasteiger partial charge in [-0.25, -0.2) is 13.9 Å². The number of aliphatic carboxylic acids is 1. The molecule has 0 spiro atoms. The van der Waals surface area contributed by atoms with E-state index in [4.69, 9.17) is 4.55 Å². The third-order valence-electron chi connectivity index (χ3n) is 5.14. The molecule has 0 saturated carbocycles. The summed E-state index contributed by atoms with van der Waals surface area (Å²) in [5.74, 6) is -4.24. The number of carbonyl (C=O) groups excluding carboxylic acids is 2. The number of amides is 2. The van der Waals surface area contributed by atoms with Crippen molar-refractivity contribution in [1.82, 2.24) is 30.4 Å². The van der Waals surface area contributed by atoms with Crippen molar-refractivity contribution < 1.29 is 42.0 Å². The summed E-state index contributed by atoms with van der Waals surface area (Å²) in [6, 6.07) is 3.52. The highest BCUT2D eigenvalue weighted by Crippen LogP contribution is 2.41. The lowest BCUT2D eigenvalue weighted by Crippen LogP contribution is -2.70. The Morgan fingerprint density at radius 1 is 1.31 bits per heavy atom. The molecule has 14 nitrogen and oxygen atoms in total. The van der Waals surface area contributed by atoms with Crippen LogP contribution in [-0.2, 0) is 30.4 Å². The molecule has 1 aromatic carbocycles. The van der Waals surface area contributed by atoms with Crippen LogP contribution in [-0.4, -0.2) is 89.0 Å². The summed E-state index contributed by atoms with van der Waals surface area (Å²) in [5, 5.41) is 32.1. The first-order valence-electron chi connectivity index (χ1n) is 9.94. The van der Waals surface area contributed by atoms with Crippen LogP contribution in [0.4, 0.5) is 4.39 Å². The van der Waals surface area contributed by atoms with E-state index < -0.39 is 57.1 Å². The van der Waals surface area contributed by atoms with Gasteiger partial charge < -0.3 is 15.5 Å². The summed E-state index contributed by atoms with van der Waals surface area (Å²) >= 11 is 2.10. The van der Waals surface area contributed by atoms with Crippen LogP contribution in [0.5, 0.6) is 0 Å². The number of hydrogen-bond acceptors (Lipinski definition) is 11. The fourth-order valence-electron chi connectivity index (χ4n) is 3.51. The number of thioether (sulfide) groups is 2.